The monoisotopic (exact) mass is 441 g/mol. The number of aromatic amines is 1. The molecular formula is C24H32ClN5O. The third-order valence-corrected chi connectivity index (χ3v) is 7.03. The summed E-state index contributed by atoms with van der Waals surface area (Å²) in [4.78, 5) is 7.27. The maximum Gasteiger partial charge on any atom is 0.179 e. The molecule has 2 aromatic rings. The molecule has 0 unspecified atom stereocenters. The second-order valence-electron chi connectivity index (χ2n) is 8.53. The fourth-order valence-electron chi connectivity index (χ4n) is 4.68. The fourth-order valence-corrected chi connectivity index (χ4v) is 5.00. The third kappa shape index (κ3) is 4.37. The van der Waals surface area contributed by atoms with Gasteiger partial charge in [0.15, 0.2) is 5.82 Å². The molecule has 6 nitrogen and oxygen atoms in total. The minimum absolute atomic E-state index is 0.366. The number of amidine groups is 1. The van der Waals surface area contributed by atoms with E-state index in [0.29, 0.717) is 10.4 Å². The zero-order valence-electron chi connectivity index (χ0n) is 18.5. The second-order valence-corrected chi connectivity index (χ2v) is 8.91. The first-order valence-electron chi connectivity index (χ1n) is 11.2. The standard InChI is InChI=1S/C24H32ClN5O/c1-4-7-18-22(17-8-6-9-19(26-3)21(17)25)28-29-23(18)27-20(5-2)30-13-10-24(11-14-30)12-15-31-16-24/h5-6,8-9,26H,2,4,7,10-16H2,1,3H3,(H,28,29). The maximum atomic E-state index is 6.66. The summed E-state index contributed by atoms with van der Waals surface area (Å²) < 4.78 is 5.67. The topological polar surface area (TPSA) is 65.5 Å². The van der Waals surface area contributed by atoms with Crippen LogP contribution in [0.1, 0.15) is 38.2 Å². The van der Waals surface area contributed by atoms with Crippen molar-refractivity contribution in [1.29, 1.82) is 0 Å². The van der Waals surface area contributed by atoms with Crippen molar-refractivity contribution in [3.05, 3.63) is 41.4 Å². The van der Waals surface area contributed by atoms with Crippen LogP contribution in [0.2, 0.25) is 5.02 Å². The van der Waals surface area contributed by atoms with Crippen LogP contribution in [0.25, 0.3) is 11.3 Å². The van der Waals surface area contributed by atoms with Crippen molar-refractivity contribution >= 4 is 28.9 Å². The number of halogens is 1. The van der Waals surface area contributed by atoms with Gasteiger partial charge < -0.3 is 15.0 Å². The highest BCUT2D eigenvalue weighted by Gasteiger charge is 2.38. The van der Waals surface area contributed by atoms with E-state index in [1.54, 1.807) is 0 Å². The molecule has 0 aliphatic carbocycles. The van der Waals surface area contributed by atoms with Crippen molar-refractivity contribution in [1.82, 2.24) is 15.1 Å². The van der Waals surface area contributed by atoms with Gasteiger partial charge in [-0.2, -0.15) is 5.10 Å². The number of benzene rings is 1. The summed E-state index contributed by atoms with van der Waals surface area (Å²) in [6.07, 6.45) is 7.17. The lowest BCUT2D eigenvalue weighted by Gasteiger charge is -2.39. The molecule has 166 valence electrons. The summed E-state index contributed by atoms with van der Waals surface area (Å²) in [5.74, 6) is 1.61. The number of likely N-dealkylation sites (tertiary alicyclic amines) is 1. The SMILES string of the molecule is C=CC(=Nc1n[nH]c(-c2cccc(NC)c2Cl)c1CCC)N1CCC2(CCOC2)CC1. The molecule has 0 amide bonds. The molecule has 1 aromatic carbocycles. The first-order valence-corrected chi connectivity index (χ1v) is 11.6. The summed E-state index contributed by atoms with van der Waals surface area (Å²) in [5.41, 5.74) is 4.23. The highest BCUT2D eigenvalue weighted by atomic mass is 35.5. The molecule has 2 aliphatic rings. The van der Waals surface area contributed by atoms with Gasteiger partial charge in [0.2, 0.25) is 0 Å². The Bertz CT molecular complexity index is 951. The zero-order chi connectivity index (χ0) is 21.8. The number of aromatic nitrogens is 2. The van der Waals surface area contributed by atoms with Crippen molar-refractivity contribution in [2.45, 2.75) is 39.0 Å². The highest BCUT2D eigenvalue weighted by molar-refractivity contribution is 6.36. The summed E-state index contributed by atoms with van der Waals surface area (Å²) >= 11 is 6.66. The van der Waals surface area contributed by atoms with Crippen LogP contribution in [0.3, 0.4) is 0 Å². The van der Waals surface area contributed by atoms with Crippen LogP contribution < -0.4 is 5.32 Å². The van der Waals surface area contributed by atoms with Crippen LogP contribution in [0.5, 0.6) is 0 Å². The van der Waals surface area contributed by atoms with Gasteiger partial charge in [0, 0.05) is 37.9 Å². The van der Waals surface area contributed by atoms with E-state index in [4.69, 9.17) is 21.3 Å². The van der Waals surface area contributed by atoms with E-state index >= 15 is 0 Å². The van der Waals surface area contributed by atoms with Crippen LogP contribution in [-0.2, 0) is 11.2 Å². The molecule has 0 radical (unpaired) electrons. The Kier molecular flexibility index (Phi) is 6.68. The molecule has 3 heterocycles. The fraction of sp³-hybridized carbons (Fsp3) is 0.500. The Hall–Kier alpha value is -2.31. The van der Waals surface area contributed by atoms with Gasteiger partial charge in [-0.15, -0.1) is 0 Å². The number of H-pyrrole nitrogens is 1. The van der Waals surface area contributed by atoms with Crippen LogP contribution in [-0.4, -0.2) is 54.3 Å². The van der Waals surface area contributed by atoms with Crippen molar-refractivity contribution in [2.24, 2.45) is 10.4 Å². The van der Waals surface area contributed by atoms with E-state index in [-0.39, 0.29) is 0 Å². The number of nitrogens with one attached hydrogen (secondary N) is 2. The van der Waals surface area contributed by atoms with Crippen LogP contribution in [0.15, 0.2) is 35.8 Å². The minimum Gasteiger partial charge on any atom is -0.387 e. The number of nitrogens with zero attached hydrogens (tertiary/aromatic N) is 3. The zero-order valence-corrected chi connectivity index (χ0v) is 19.3. The van der Waals surface area contributed by atoms with Gasteiger partial charge in [0.1, 0.15) is 5.84 Å². The first kappa shape index (κ1) is 21.9. The average Bonchev–Trinajstić information content (AvgIpc) is 3.41. The van der Waals surface area contributed by atoms with Gasteiger partial charge in [-0.1, -0.05) is 43.7 Å². The minimum atomic E-state index is 0.366. The van der Waals surface area contributed by atoms with E-state index < -0.39 is 0 Å². The molecule has 0 atom stereocenters. The van der Waals surface area contributed by atoms with Crippen molar-refractivity contribution < 1.29 is 4.74 Å². The van der Waals surface area contributed by atoms with E-state index in [2.05, 4.69) is 33.9 Å². The summed E-state index contributed by atoms with van der Waals surface area (Å²) in [7, 11) is 1.87. The molecule has 31 heavy (non-hydrogen) atoms. The molecule has 2 saturated heterocycles. The third-order valence-electron chi connectivity index (χ3n) is 6.62. The highest BCUT2D eigenvalue weighted by Crippen LogP contribution is 2.40. The van der Waals surface area contributed by atoms with Gasteiger partial charge in [-0.3, -0.25) is 5.10 Å². The number of piperidine rings is 1. The van der Waals surface area contributed by atoms with Crippen molar-refractivity contribution in [2.75, 3.05) is 38.7 Å². The molecule has 1 aromatic heterocycles. The summed E-state index contributed by atoms with van der Waals surface area (Å²) in [6, 6.07) is 5.98. The van der Waals surface area contributed by atoms with Gasteiger partial charge >= 0.3 is 0 Å². The quantitative estimate of drug-likeness (QED) is 0.462. The van der Waals surface area contributed by atoms with E-state index in [9.17, 15) is 0 Å². The molecule has 2 fully saturated rings. The average molecular weight is 442 g/mol. The lowest BCUT2D eigenvalue weighted by atomic mass is 9.78. The Morgan fingerprint density at radius 3 is 2.84 bits per heavy atom. The van der Waals surface area contributed by atoms with Crippen molar-refractivity contribution in [3.8, 4) is 11.3 Å². The molecule has 1 spiro atoms. The number of aliphatic imine (C=N–C) groups is 1. The van der Waals surface area contributed by atoms with Gasteiger partial charge in [-0.25, -0.2) is 4.99 Å². The van der Waals surface area contributed by atoms with Crippen LogP contribution in [0.4, 0.5) is 11.5 Å². The number of hydrogen-bond acceptors (Lipinski definition) is 4. The van der Waals surface area contributed by atoms with Gasteiger partial charge in [0.05, 0.1) is 23.0 Å². The van der Waals surface area contributed by atoms with E-state index in [0.717, 1.165) is 86.1 Å². The molecule has 4 rings (SSSR count). The van der Waals surface area contributed by atoms with Gasteiger partial charge in [-0.05, 0) is 43.2 Å². The molecule has 2 N–H and O–H groups in total. The predicted octanol–water partition coefficient (Wildman–Crippen LogP) is 5.44. The Morgan fingerprint density at radius 2 is 2.19 bits per heavy atom. The van der Waals surface area contributed by atoms with Crippen LogP contribution >= 0.6 is 11.6 Å². The second kappa shape index (κ2) is 9.45. The summed E-state index contributed by atoms with van der Waals surface area (Å²) in [5, 5.41) is 11.6. The molecule has 0 bridgehead atoms. The first-order chi connectivity index (χ1) is 15.1. The number of ether oxygens (including phenoxy) is 1. The lowest BCUT2D eigenvalue weighted by Crippen LogP contribution is -2.42. The maximum absolute atomic E-state index is 6.66. The van der Waals surface area contributed by atoms with Crippen molar-refractivity contribution in [3.63, 3.8) is 0 Å². The Morgan fingerprint density at radius 1 is 1.39 bits per heavy atom. The number of anilines is 1. The molecular weight excluding hydrogens is 410 g/mol. The largest absolute Gasteiger partial charge is 0.387 e. The molecule has 7 heteroatoms. The summed E-state index contributed by atoms with van der Waals surface area (Å²) in [6.45, 7) is 9.95. The molecule has 2 aliphatic heterocycles. The Balaban J connectivity index is 1.63. The molecule has 0 saturated carbocycles. The predicted molar refractivity (Wildman–Crippen MR) is 129 cm³/mol. The number of rotatable bonds is 6. The Labute approximate surface area is 189 Å². The smallest absolute Gasteiger partial charge is 0.179 e. The normalized spacial score (nSPS) is 18.5. The lowest BCUT2D eigenvalue weighted by molar-refractivity contribution is 0.106. The number of hydrogen-bond donors (Lipinski definition) is 2. The van der Waals surface area contributed by atoms with E-state index in [1.165, 1.54) is 6.42 Å². The van der Waals surface area contributed by atoms with Gasteiger partial charge in [0.25, 0.3) is 0 Å². The van der Waals surface area contributed by atoms with E-state index in [1.807, 2.05) is 31.3 Å². The van der Waals surface area contributed by atoms with Crippen LogP contribution in [0, 0.1) is 5.41 Å².